The molecule has 3 rings (SSSR count). The lowest BCUT2D eigenvalue weighted by Crippen LogP contribution is -2.28. The second-order valence-electron chi connectivity index (χ2n) is 5.52. The molecule has 0 amide bonds. The van der Waals surface area contributed by atoms with Crippen molar-refractivity contribution in [2.45, 2.75) is 13.5 Å². The molecule has 1 aromatic carbocycles. The minimum atomic E-state index is -0.290. The molecule has 0 saturated heterocycles. The third kappa shape index (κ3) is 5.18. The maximum Gasteiger partial charge on any atom is 0.231 e. The van der Waals surface area contributed by atoms with Crippen molar-refractivity contribution in [1.82, 2.24) is 20.3 Å². The number of hydrogen-bond donors (Lipinski definition) is 3. The SMILES string of the molecule is Cc1cc(Nc2ccc(F)cc2)nc(NC(=S)NCc2cccnc2)n1. The van der Waals surface area contributed by atoms with Crippen molar-refractivity contribution in [3.05, 3.63) is 71.9 Å². The molecule has 0 spiro atoms. The maximum absolute atomic E-state index is 13.0. The van der Waals surface area contributed by atoms with Gasteiger partial charge in [-0.3, -0.25) is 4.98 Å². The number of nitrogens with one attached hydrogen (secondary N) is 3. The van der Waals surface area contributed by atoms with Crippen molar-refractivity contribution in [3.63, 3.8) is 0 Å². The van der Waals surface area contributed by atoms with Gasteiger partial charge in [0, 0.05) is 36.4 Å². The van der Waals surface area contributed by atoms with Crippen LogP contribution in [0.2, 0.25) is 0 Å². The van der Waals surface area contributed by atoms with E-state index in [-0.39, 0.29) is 5.82 Å². The fraction of sp³-hybridized carbons (Fsp3) is 0.111. The fourth-order valence-electron chi connectivity index (χ4n) is 2.20. The van der Waals surface area contributed by atoms with Crippen LogP contribution in [0, 0.1) is 12.7 Å². The minimum absolute atomic E-state index is 0.290. The van der Waals surface area contributed by atoms with Crippen LogP contribution in [0.5, 0.6) is 0 Å². The van der Waals surface area contributed by atoms with E-state index in [2.05, 4.69) is 30.9 Å². The summed E-state index contributed by atoms with van der Waals surface area (Å²) in [6.07, 6.45) is 3.49. The zero-order valence-corrected chi connectivity index (χ0v) is 14.8. The Morgan fingerprint density at radius 1 is 1.15 bits per heavy atom. The van der Waals surface area contributed by atoms with Gasteiger partial charge < -0.3 is 16.0 Å². The third-order valence-electron chi connectivity index (χ3n) is 3.37. The van der Waals surface area contributed by atoms with Gasteiger partial charge in [-0.1, -0.05) is 6.07 Å². The normalized spacial score (nSPS) is 10.2. The van der Waals surface area contributed by atoms with Crippen LogP contribution in [0.15, 0.2) is 54.9 Å². The van der Waals surface area contributed by atoms with E-state index in [9.17, 15) is 4.39 Å². The average molecular weight is 368 g/mol. The predicted octanol–water partition coefficient (Wildman–Crippen LogP) is 3.55. The Balaban J connectivity index is 1.63. The van der Waals surface area contributed by atoms with Gasteiger partial charge in [-0.05, 0) is 55.0 Å². The number of rotatable bonds is 5. The molecule has 0 atom stereocenters. The predicted molar refractivity (Wildman–Crippen MR) is 104 cm³/mol. The molecule has 0 saturated carbocycles. The molecule has 3 aromatic rings. The molecule has 3 N–H and O–H groups in total. The molecule has 0 unspecified atom stereocenters. The first-order valence-corrected chi connectivity index (χ1v) is 8.31. The van der Waals surface area contributed by atoms with Gasteiger partial charge in [-0.15, -0.1) is 0 Å². The lowest BCUT2D eigenvalue weighted by atomic mass is 10.3. The molecule has 0 bridgehead atoms. The maximum atomic E-state index is 13.0. The topological polar surface area (TPSA) is 74.8 Å². The van der Waals surface area contributed by atoms with Crippen LogP contribution >= 0.6 is 12.2 Å². The first-order chi connectivity index (χ1) is 12.6. The van der Waals surface area contributed by atoms with Gasteiger partial charge in [0.25, 0.3) is 0 Å². The number of halogens is 1. The highest BCUT2D eigenvalue weighted by molar-refractivity contribution is 7.80. The lowest BCUT2D eigenvalue weighted by molar-refractivity contribution is 0.628. The van der Waals surface area contributed by atoms with Crippen molar-refractivity contribution in [2.75, 3.05) is 10.6 Å². The van der Waals surface area contributed by atoms with Crippen LogP contribution in [0.4, 0.5) is 21.8 Å². The molecular weight excluding hydrogens is 351 g/mol. The van der Waals surface area contributed by atoms with E-state index in [0.29, 0.717) is 23.4 Å². The van der Waals surface area contributed by atoms with E-state index in [4.69, 9.17) is 12.2 Å². The summed E-state index contributed by atoms with van der Waals surface area (Å²) in [5.41, 5.74) is 2.51. The van der Waals surface area contributed by atoms with Gasteiger partial charge in [0.2, 0.25) is 5.95 Å². The van der Waals surface area contributed by atoms with Gasteiger partial charge in [-0.2, -0.15) is 4.98 Å². The quantitative estimate of drug-likeness (QED) is 0.595. The average Bonchev–Trinajstić information content (AvgIpc) is 2.62. The van der Waals surface area contributed by atoms with E-state index in [0.717, 1.165) is 16.9 Å². The number of aromatic nitrogens is 3. The van der Waals surface area contributed by atoms with Gasteiger partial charge >= 0.3 is 0 Å². The molecule has 0 aliphatic heterocycles. The first kappa shape index (κ1) is 17.7. The zero-order valence-electron chi connectivity index (χ0n) is 14.0. The summed E-state index contributed by atoms with van der Waals surface area (Å²) in [5.74, 6) is 0.668. The van der Waals surface area contributed by atoms with Crippen LogP contribution in [0.3, 0.4) is 0 Å². The Hall–Kier alpha value is -3.13. The number of benzene rings is 1. The second-order valence-corrected chi connectivity index (χ2v) is 5.93. The van der Waals surface area contributed by atoms with E-state index >= 15 is 0 Å². The molecule has 132 valence electrons. The number of pyridine rings is 1. The number of nitrogens with zero attached hydrogens (tertiary/aromatic N) is 3. The summed E-state index contributed by atoms with van der Waals surface area (Å²) < 4.78 is 13.0. The highest BCUT2D eigenvalue weighted by Crippen LogP contribution is 2.17. The molecule has 8 heteroatoms. The molecule has 0 aliphatic rings. The number of aryl methyl sites for hydroxylation is 1. The number of thiocarbonyl (C=S) groups is 1. The Morgan fingerprint density at radius 3 is 2.69 bits per heavy atom. The molecule has 6 nitrogen and oxygen atoms in total. The van der Waals surface area contributed by atoms with Gasteiger partial charge in [0.1, 0.15) is 11.6 Å². The third-order valence-corrected chi connectivity index (χ3v) is 3.62. The molecule has 26 heavy (non-hydrogen) atoms. The summed E-state index contributed by atoms with van der Waals surface area (Å²) in [6, 6.07) is 11.7. The highest BCUT2D eigenvalue weighted by Gasteiger charge is 2.05. The van der Waals surface area contributed by atoms with Crippen LogP contribution in [0.1, 0.15) is 11.3 Å². The summed E-state index contributed by atoms with van der Waals surface area (Å²) in [5, 5.41) is 9.57. The van der Waals surface area contributed by atoms with E-state index in [1.54, 1.807) is 30.6 Å². The summed E-state index contributed by atoms with van der Waals surface area (Å²) in [6.45, 7) is 2.40. The second kappa shape index (κ2) is 8.30. The lowest BCUT2D eigenvalue weighted by Gasteiger charge is -2.12. The van der Waals surface area contributed by atoms with Crippen molar-refractivity contribution in [1.29, 1.82) is 0 Å². The van der Waals surface area contributed by atoms with Crippen molar-refractivity contribution < 1.29 is 4.39 Å². The zero-order chi connectivity index (χ0) is 18.4. The Morgan fingerprint density at radius 2 is 1.96 bits per heavy atom. The largest absolute Gasteiger partial charge is 0.358 e. The Labute approximate surface area is 155 Å². The van der Waals surface area contributed by atoms with Gasteiger partial charge in [-0.25, -0.2) is 9.37 Å². The highest BCUT2D eigenvalue weighted by atomic mass is 32.1. The van der Waals surface area contributed by atoms with E-state index in [1.165, 1.54) is 12.1 Å². The number of hydrogen-bond acceptors (Lipinski definition) is 5. The minimum Gasteiger partial charge on any atom is -0.358 e. The van der Waals surface area contributed by atoms with Crippen molar-refractivity contribution >= 4 is 34.8 Å². The van der Waals surface area contributed by atoms with Crippen molar-refractivity contribution in [2.24, 2.45) is 0 Å². The van der Waals surface area contributed by atoms with Crippen molar-refractivity contribution in [3.8, 4) is 0 Å². The molecule has 0 aliphatic carbocycles. The van der Waals surface area contributed by atoms with Crippen LogP contribution in [0.25, 0.3) is 0 Å². The summed E-state index contributed by atoms with van der Waals surface area (Å²) >= 11 is 5.28. The summed E-state index contributed by atoms with van der Waals surface area (Å²) in [4.78, 5) is 12.8. The van der Waals surface area contributed by atoms with Gasteiger partial charge in [0.15, 0.2) is 5.11 Å². The monoisotopic (exact) mass is 368 g/mol. The smallest absolute Gasteiger partial charge is 0.231 e. The van der Waals surface area contributed by atoms with Crippen LogP contribution in [-0.2, 0) is 6.54 Å². The molecule has 0 fully saturated rings. The van der Waals surface area contributed by atoms with E-state index < -0.39 is 0 Å². The fourth-order valence-corrected chi connectivity index (χ4v) is 2.36. The molecular formula is C18H17FN6S. The van der Waals surface area contributed by atoms with Crippen LogP contribution < -0.4 is 16.0 Å². The van der Waals surface area contributed by atoms with E-state index in [1.807, 2.05) is 19.1 Å². The molecule has 2 aromatic heterocycles. The Bertz CT molecular complexity index is 886. The molecule has 2 heterocycles. The van der Waals surface area contributed by atoms with Crippen LogP contribution in [-0.4, -0.2) is 20.1 Å². The Kier molecular flexibility index (Phi) is 5.65. The number of anilines is 3. The summed E-state index contributed by atoms with van der Waals surface area (Å²) in [7, 11) is 0. The molecule has 0 radical (unpaired) electrons. The first-order valence-electron chi connectivity index (χ1n) is 7.90. The van der Waals surface area contributed by atoms with Gasteiger partial charge in [0.05, 0.1) is 0 Å². The standard InChI is InChI=1S/C18H17FN6S/c1-12-9-16(23-15-6-4-14(19)5-7-15)24-17(22-12)25-18(26)21-11-13-3-2-8-20-10-13/h2-10H,11H2,1H3,(H3,21,22,23,24,25,26).